The number of nitrogens with zero attached hydrogens (tertiary/aromatic N) is 4. The molecule has 7 aromatic rings. The first-order valence-electron chi connectivity index (χ1n) is 13.5. The zero-order chi connectivity index (χ0) is 27.6. The molecule has 0 aliphatic rings. The maximum Gasteiger partial charge on any atom is 0.162 e. The number of benzene rings is 5. The van der Waals surface area contributed by atoms with Gasteiger partial charge in [0.1, 0.15) is 6.33 Å². The molecule has 0 saturated heterocycles. The number of aromatic nitrogens is 4. The molecule has 0 unspecified atom stereocenters. The zero-order valence-corrected chi connectivity index (χ0v) is 22.9. The van der Waals surface area contributed by atoms with Gasteiger partial charge in [0.05, 0.1) is 27.8 Å². The smallest absolute Gasteiger partial charge is 0.162 e. The molecule has 5 heteroatoms. The van der Waals surface area contributed by atoms with Crippen LogP contribution in [-0.4, -0.2) is 19.3 Å². The Balaban J connectivity index is 1.63. The van der Waals surface area contributed by atoms with E-state index >= 15 is 0 Å². The SMILES string of the molecule is Clc1ccccc1-c1nc(-c2ccccc2)c(-c2ccccc2)n1-n1cnc(-c2ccccc2)c1-c1ccccc1. The summed E-state index contributed by atoms with van der Waals surface area (Å²) >= 11 is 6.85. The largest absolute Gasteiger partial charge is 0.234 e. The van der Waals surface area contributed by atoms with Crippen LogP contribution in [0.25, 0.3) is 56.4 Å². The van der Waals surface area contributed by atoms with E-state index in [0.717, 1.165) is 56.4 Å². The average molecular weight is 549 g/mol. The van der Waals surface area contributed by atoms with Crippen molar-refractivity contribution in [3.8, 4) is 56.4 Å². The van der Waals surface area contributed by atoms with Crippen molar-refractivity contribution in [3.63, 3.8) is 0 Å². The third-order valence-electron chi connectivity index (χ3n) is 7.12. The van der Waals surface area contributed by atoms with Crippen LogP contribution in [0.2, 0.25) is 5.02 Å². The van der Waals surface area contributed by atoms with Crippen LogP contribution in [0.1, 0.15) is 0 Å². The highest BCUT2D eigenvalue weighted by molar-refractivity contribution is 6.33. The third-order valence-corrected chi connectivity index (χ3v) is 7.45. The van der Waals surface area contributed by atoms with Crippen LogP contribution in [0.4, 0.5) is 0 Å². The summed E-state index contributed by atoms with van der Waals surface area (Å²) in [5.74, 6) is 0.725. The molecule has 4 nitrogen and oxygen atoms in total. The van der Waals surface area contributed by atoms with Crippen molar-refractivity contribution in [1.82, 2.24) is 19.3 Å². The van der Waals surface area contributed by atoms with Gasteiger partial charge in [0.2, 0.25) is 0 Å². The van der Waals surface area contributed by atoms with Crippen molar-refractivity contribution in [2.75, 3.05) is 0 Å². The number of imidazole rings is 2. The van der Waals surface area contributed by atoms with E-state index in [4.69, 9.17) is 21.6 Å². The van der Waals surface area contributed by atoms with Crippen LogP contribution in [0.5, 0.6) is 0 Å². The van der Waals surface area contributed by atoms with Gasteiger partial charge in [-0.25, -0.2) is 19.3 Å². The first-order valence-corrected chi connectivity index (χ1v) is 13.8. The Hall–Kier alpha value is -5.19. The fraction of sp³-hybridized carbons (Fsp3) is 0. The highest BCUT2D eigenvalue weighted by Crippen LogP contribution is 2.40. The Morgan fingerprint density at radius 3 is 1.49 bits per heavy atom. The molecular weight excluding hydrogens is 524 g/mol. The third kappa shape index (κ3) is 4.54. The van der Waals surface area contributed by atoms with Gasteiger partial charge in [0.15, 0.2) is 5.82 Å². The molecule has 5 aromatic carbocycles. The second-order valence-corrected chi connectivity index (χ2v) is 10.1. The molecule has 196 valence electrons. The summed E-state index contributed by atoms with van der Waals surface area (Å²) in [6, 6.07) is 49.2. The predicted molar refractivity (Wildman–Crippen MR) is 167 cm³/mol. The molecule has 41 heavy (non-hydrogen) atoms. The maximum absolute atomic E-state index is 6.85. The van der Waals surface area contributed by atoms with Gasteiger partial charge in [0, 0.05) is 27.8 Å². The van der Waals surface area contributed by atoms with Crippen LogP contribution in [-0.2, 0) is 0 Å². The Morgan fingerprint density at radius 2 is 0.927 bits per heavy atom. The van der Waals surface area contributed by atoms with Gasteiger partial charge in [0.25, 0.3) is 0 Å². The van der Waals surface area contributed by atoms with Crippen molar-refractivity contribution >= 4 is 11.6 Å². The topological polar surface area (TPSA) is 35.6 Å². The van der Waals surface area contributed by atoms with Gasteiger partial charge in [-0.2, -0.15) is 0 Å². The van der Waals surface area contributed by atoms with Gasteiger partial charge in [-0.1, -0.05) is 145 Å². The molecule has 0 amide bonds. The lowest BCUT2D eigenvalue weighted by Crippen LogP contribution is -2.13. The number of halogens is 1. The summed E-state index contributed by atoms with van der Waals surface area (Å²) in [6.07, 6.45) is 1.88. The molecule has 0 atom stereocenters. The molecule has 0 fully saturated rings. The quantitative estimate of drug-likeness (QED) is 0.207. The van der Waals surface area contributed by atoms with E-state index in [0.29, 0.717) is 5.02 Å². The minimum Gasteiger partial charge on any atom is -0.234 e. The minimum absolute atomic E-state index is 0.627. The van der Waals surface area contributed by atoms with Crippen molar-refractivity contribution < 1.29 is 0 Å². The molecule has 0 saturated carbocycles. The molecule has 0 N–H and O–H groups in total. The molecule has 2 heterocycles. The van der Waals surface area contributed by atoms with Crippen molar-refractivity contribution in [2.45, 2.75) is 0 Å². The fourth-order valence-corrected chi connectivity index (χ4v) is 5.48. The molecule has 0 aliphatic heterocycles. The molecule has 0 aliphatic carbocycles. The van der Waals surface area contributed by atoms with Crippen LogP contribution in [0.15, 0.2) is 152 Å². The number of rotatable bonds is 6. The van der Waals surface area contributed by atoms with Gasteiger partial charge >= 0.3 is 0 Å². The van der Waals surface area contributed by atoms with Gasteiger partial charge in [-0.05, 0) is 12.1 Å². The first kappa shape index (κ1) is 24.8. The standard InChI is InChI=1S/C36H25ClN4/c37-31-24-14-13-23-30(31)36-39-33(27-17-7-2-8-18-27)35(29-21-11-4-12-22-29)41(36)40-25-38-32(26-15-5-1-6-16-26)34(40)28-19-9-3-10-20-28/h1-25H. The highest BCUT2D eigenvalue weighted by atomic mass is 35.5. The summed E-state index contributed by atoms with van der Waals surface area (Å²) in [7, 11) is 0. The van der Waals surface area contributed by atoms with Crippen LogP contribution in [0, 0.1) is 0 Å². The van der Waals surface area contributed by atoms with E-state index < -0.39 is 0 Å². The summed E-state index contributed by atoms with van der Waals surface area (Å²) in [4.78, 5) is 10.3. The Bertz CT molecular complexity index is 1930. The van der Waals surface area contributed by atoms with E-state index in [1.807, 2.05) is 79.1 Å². The van der Waals surface area contributed by atoms with Crippen molar-refractivity contribution in [2.24, 2.45) is 0 Å². The van der Waals surface area contributed by atoms with E-state index in [9.17, 15) is 0 Å². The van der Waals surface area contributed by atoms with Crippen LogP contribution < -0.4 is 0 Å². The lowest BCUT2D eigenvalue weighted by molar-refractivity contribution is 0.679. The first-order chi connectivity index (χ1) is 20.3. The normalized spacial score (nSPS) is 11.0. The zero-order valence-electron chi connectivity index (χ0n) is 22.1. The summed E-state index contributed by atoms with van der Waals surface area (Å²) in [5.41, 5.74) is 8.62. The van der Waals surface area contributed by atoms with Gasteiger partial charge in [-0.3, -0.25) is 0 Å². The second-order valence-electron chi connectivity index (χ2n) is 9.67. The van der Waals surface area contributed by atoms with Gasteiger partial charge in [-0.15, -0.1) is 0 Å². The predicted octanol–water partition coefficient (Wildman–Crippen LogP) is 9.38. The maximum atomic E-state index is 6.85. The molecule has 0 radical (unpaired) electrons. The van der Waals surface area contributed by atoms with Crippen LogP contribution >= 0.6 is 11.6 Å². The van der Waals surface area contributed by atoms with Gasteiger partial charge < -0.3 is 0 Å². The van der Waals surface area contributed by atoms with Crippen molar-refractivity contribution in [3.05, 3.63) is 157 Å². The lowest BCUT2D eigenvalue weighted by atomic mass is 10.0. The molecule has 0 spiro atoms. The minimum atomic E-state index is 0.627. The van der Waals surface area contributed by atoms with E-state index in [1.54, 1.807) is 0 Å². The second kappa shape index (κ2) is 10.8. The Labute approximate surface area is 243 Å². The van der Waals surface area contributed by atoms with E-state index in [1.165, 1.54) is 0 Å². The van der Waals surface area contributed by atoms with Crippen molar-refractivity contribution in [1.29, 1.82) is 0 Å². The number of hydrogen-bond acceptors (Lipinski definition) is 2. The molecule has 7 rings (SSSR count). The average Bonchev–Trinajstić information content (AvgIpc) is 3.65. The Kier molecular flexibility index (Phi) is 6.51. The van der Waals surface area contributed by atoms with E-state index in [-0.39, 0.29) is 0 Å². The lowest BCUT2D eigenvalue weighted by Gasteiger charge is -2.18. The summed E-state index contributed by atoms with van der Waals surface area (Å²) < 4.78 is 4.26. The molecular formula is C36H25ClN4. The molecule has 2 aromatic heterocycles. The monoisotopic (exact) mass is 548 g/mol. The summed E-state index contributed by atoms with van der Waals surface area (Å²) in [6.45, 7) is 0. The Morgan fingerprint density at radius 1 is 0.463 bits per heavy atom. The van der Waals surface area contributed by atoms with Crippen LogP contribution in [0.3, 0.4) is 0 Å². The molecule has 0 bridgehead atoms. The fourth-order valence-electron chi connectivity index (χ4n) is 5.26. The summed E-state index contributed by atoms with van der Waals surface area (Å²) in [5, 5.41) is 0.627. The highest BCUT2D eigenvalue weighted by Gasteiger charge is 2.26. The number of hydrogen-bond donors (Lipinski definition) is 0. The van der Waals surface area contributed by atoms with E-state index in [2.05, 4.69) is 82.1 Å².